The van der Waals surface area contributed by atoms with Gasteiger partial charge in [0, 0.05) is 13.1 Å². The van der Waals surface area contributed by atoms with Gasteiger partial charge < -0.3 is 20.5 Å². The Morgan fingerprint density at radius 3 is 2.42 bits per heavy atom. The van der Waals surface area contributed by atoms with Crippen molar-refractivity contribution in [1.29, 1.82) is 0 Å². The minimum absolute atomic E-state index is 0.132. The summed E-state index contributed by atoms with van der Waals surface area (Å²) in [6.07, 6.45) is -1.81. The Kier molecular flexibility index (Phi) is 5.90. The lowest BCUT2D eigenvalue weighted by Gasteiger charge is -2.03. The minimum atomic E-state index is -1.14. The highest BCUT2D eigenvalue weighted by Crippen LogP contribution is 1.79. The monoisotopic (exact) mass is 196 g/mol. The van der Waals surface area contributed by atoms with Crippen molar-refractivity contribution in [3.05, 3.63) is 0 Å². The Balaban J connectivity index is 3.19. The Hall–Kier alpha value is -1.17. The Labute approximate surface area is 73.8 Å². The van der Waals surface area contributed by atoms with Crippen LogP contribution in [0.5, 0.6) is 0 Å². The first-order valence-electron chi connectivity index (χ1n) is 3.10. The van der Waals surface area contributed by atoms with Gasteiger partial charge in [-0.15, -0.1) is 0 Å². The predicted octanol–water partition coefficient (Wildman–Crippen LogP) is 0.176. The van der Waals surface area contributed by atoms with Crippen molar-refractivity contribution in [2.75, 3.05) is 19.2 Å². The minimum Gasteiger partial charge on any atom is -0.465 e. The molecule has 0 aliphatic rings. The average molecular weight is 197 g/mol. The summed E-state index contributed by atoms with van der Waals surface area (Å²) in [6.45, 7) is 0.300. The third kappa shape index (κ3) is 6.94. The molecule has 0 fully saturated rings. The average Bonchev–Trinajstić information content (AvgIpc) is 1.98. The van der Waals surface area contributed by atoms with Crippen LogP contribution in [0.4, 0.5) is 9.59 Å². The Morgan fingerprint density at radius 1 is 1.33 bits per heavy atom. The standard InChI is InChI=1S/C5H9ClN2O4/c6-3-12-5(11)8-2-1-7-4(9)10/h7H,1-3H2,(H,8,11)(H,9,10). The molecule has 0 aromatic heterocycles. The van der Waals surface area contributed by atoms with E-state index in [1.165, 1.54) is 0 Å². The van der Waals surface area contributed by atoms with Gasteiger partial charge in [-0.05, 0) is 0 Å². The number of halogens is 1. The van der Waals surface area contributed by atoms with Gasteiger partial charge in [0.2, 0.25) is 0 Å². The van der Waals surface area contributed by atoms with Gasteiger partial charge in [-0.2, -0.15) is 0 Å². The van der Waals surface area contributed by atoms with E-state index in [2.05, 4.69) is 15.4 Å². The van der Waals surface area contributed by atoms with Crippen LogP contribution in [0.15, 0.2) is 0 Å². The van der Waals surface area contributed by atoms with Crippen LogP contribution in [0.1, 0.15) is 0 Å². The molecule has 0 saturated carbocycles. The number of carboxylic acid groups (broad SMARTS) is 1. The van der Waals surface area contributed by atoms with Crippen LogP contribution < -0.4 is 10.6 Å². The lowest BCUT2D eigenvalue weighted by atomic mass is 10.6. The molecule has 0 aliphatic heterocycles. The fraction of sp³-hybridized carbons (Fsp3) is 0.600. The third-order valence-electron chi connectivity index (χ3n) is 0.856. The van der Waals surface area contributed by atoms with E-state index in [4.69, 9.17) is 16.7 Å². The van der Waals surface area contributed by atoms with E-state index in [0.29, 0.717) is 0 Å². The van der Waals surface area contributed by atoms with E-state index in [1.54, 1.807) is 0 Å². The number of carbonyl (C=O) groups is 2. The summed E-state index contributed by atoms with van der Waals surface area (Å²) in [5.74, 6) is 0. The second kappa shape index (κ2) is 6.53. The zero-order valence-corrected chi connectivity index (χ0v) is 6.93. The topological polar surface area (TPSA) is 87.7 Å². The van der Waals surface area contributed by atoms with Gasteiger partial charge >= 0.3 is 12.2 Å². The van der Waals surface area contributed by atoms with E-state index in [1.807, 2.05) is 0 Å². The lowest BCUT2D eigenvalue weighted by molar-refractivity contribution is 0.164. The molecule has 7 heteroatoms. The highest BCUT2D eigenvalue weighted by atomic mass is 35.5. The van der Waals surface area contributed by atoms with Crippen molar-refractivity contribution in [2.45, 2.75) is 0 Å². The van der Waals surface area contributed by atoms with Gasteiger partial charge in [0.25, 0.3) is 0 Å². The Bertz CT molecular complexity index is 164. The zero-order chi connectivity index (χ0) is 9.40. The third-order valence-corrected chi connectivity index (χ3v) is 0.965. The number of hydrogen-bond donors (Lipinski definition) is 3. The molecule has 0 bridgehead atoms. The smallest absolute Gasteiger partial charge is 0.408 e. The van der Waals surface area contributed by atoms with Gasteiger partial charge in [0.05, 0.1) is 0 Å². The highest BCUT2D eigenvalue weighted by Gasteiger charge is 1.99. The van der Waals surface area contributed by atoms with Crippen LogP contribution in [0.3, 0.4) is 0 Å². The second-order valence-electron chi connectivity index (χ2n) is 1.70. The summed E-state index contributed by atoms with van der Waals surface area (Å²) >= 11 is 5.07. The van der Waals surface area contributed by atoms with Crippen LogP contribution in [-0.4, -0.2) is 36.4 Å². The summed E-state index contributed by atoms with van der Waals surface area (Å²) in [6, 6.07) is -0.224. The van der Waals surface area contributed by atoms with Crippen molar-refractivity contribution in [3.8, 4) is 0 Å². The molecule has 0 atom stereocenters. The van der Waals surface area contributed by atoms with Crippen molar-refractivity contribution < 1.29 is 19.4 Å². The Morgan fingerprint density at radius 2 is 1.92 bits per heavy atom. The van der Waals surface area contributed by atoms with Crippen LogP contribution in [0.2, 0.25) is 0 Å². The molecule has 0 aromatic carbocycles. The molecule has 0 aliphatic carbocycles. The first-order valence-corrected chi connectivity index (χ1v) is 3.63. The summed E-state index contributed by atoms with van der Waals surface area (Å²) in [4.78, 5) is 20.4. The van der Waals surface area contributed by atoms with E-state index >= 15 is 0 Å². The van der Waals surface area contributed by atoms with Crippen molar-refractivity contribution >= 4 is 23.8 Å². The quantitative estimate of drug-likeness (QED) is 0.442. The molecule has 3 N–H and O–H groups in total. The summed E-state index contributed by atoms with van der Waals surface area (Å²) in [7, 11) is 0. The molecular formula is C5H9ClN2O4. The van der Waals surface area contributed by atoms with Crippen LogP contribution >= 0.6 is 11.6 Å². The maximum Gasteiger partial charge on any atom is 0.408 e. The van der Waals surface area contributed by atoms with E-state index in [0.717, 1.165) is 0 Å². The molecule has 0 radical (unpaired) electrons. The molecular weight excluding hydrogens is 188 g/mol. The molecule has 0 spiro atoms. The largest absolute Gasteiger partial charge is 0.465 e. The molecule has 2 amide bonds. The maximum absolute atomic E-state index is 10.5. The van der Waals surface area contributed by atoms with Gasteiger partial charge in [-0.3, -0.25) is 0 Å². The van der Waals surface area contributed by atoms with Gasteiger partial charge in [0.1, 0.15) is 0 Å². The maximum atomic E-state index is 10.5. The van der Waals surface area contributed by atoms with Crippen molar-refractivity contribution in [2.24, 2.45) is 0 Å². The van der Waals surface area contributed by atoms with E-state index in [-0.39, 0.29) is 19.2 Å². The summed E-state index contributed by atoms with van der Waals surface area (Å²) in [5.41, 5.74) is 0. The first kappa shape index (κ1) is 10.8. The molecule has 0 aromatic rings. The second-order valence-corrected chi connectivity index (χ2v) is 1.92. The number of carbonyl (C=O) groups excluding carboxylic acids is 1. The molecule has 0 unspecified atom stereocenters. The summed E-state index contributed by atoms with van der Waals surface area (Å²) in [5, 5.41) is 12.4. The van der Waals surface area contributed by atoms with Crippen molar-refractivity contribution in [3.63, 3.8) is 0 Å². The molecule has 6 nitrogen and oxygen atoms in total. The summed E-state index contributed by atoms with van der Waals surface area (Å²) < 4.78 is 4.29. The van der Waals surface area contributed by atoms with Gasteiger partial charge in [-0.1, -0.05) is 11.6 Å². The van der Waals surface area contributed by atoms with Crippen LogP contribution in [-0.2, 0) is 4.74 Å². The number of amides is 2. The first-order chi connectivity index (χ1) is 5.66. The fourth-order valence-corrected chi connectivity index (χ4v) is 0.534. The van der Waals surface area contributed by atoms with E-state index in [9.17, 15) is 9.59 Å². The fourth-order valence-electron chi connectivity index (χ4n) is 0.435. The molecule has 0 saturated heterocycles. The number of nitrogens with one attached hydrogen (secondary N) is 2. The van der Waals surface area contributed by atoms with Gasteiger partial charge in [0.15, 0.2) is 6.07 Å². The lowest BCUT2D eigenvalue weighted by Crippen LogP contribution is -2.34. The predicted molar refractivity (Wildman–Crippen MR) is 41.2 cm³/mol. The zero-order valence-electron chi connectivity index (χ0n) is 6.17. The molecule has 12 heavy (non-hydrogen) atoms. The number of ether oxygens (including phenoxy) is 1. The van der Waals surface area contributed by atoms with Crippen LogP contribution in [0.25, 0.3) is 0 Å². The van der Waals surface area contributed by atoms with Gasteiger partial charge in [-0.25, -0.2) is 9.59 Å². The number of rotatable bonds is 4. The normalized spacial score (nSPS) is 8.75. The van der Waals surface area contributed by atoms with Crippen molar-refractivity contribution in [1.82, 2.24) is 10.6 Å². The molecule has 0 heterocycles. The highest BCUT2D eigenvalue weighted by molar-refractivity contribution is 6.17. The number of hydrogen-bond acceptors (Lipinski definition) is 3. The van der Waals surface area contributed by atoms with Crippen LogP contribution in [0, 0.1) is 0 Å². The van der Waals surface area contributed by atoms with E-state index < -0.39 is 12.2 Å². The number of alkyl carbamates (subject to hydrolysis) is 1. The SMILES string of the molecule is O=C(O)NCCNC(=O)OCCl. The molecule has 0 rings (SSSR count). The number of alkyl halides is 1. The molecule has 70 valence electrons.